The highest BCUT2D eigenvalue weighted by molar-refractivity contribution is 8.00. The molecule has 1 rings (SSSR count). The lowest BCUT2D eigenvalue weighted by Gasteiger charge is -2.22. The molecular formula is C11H7F9S. The molecule has 0 fully saturated rings. The molecule has 21 heavy (non-hydrogen) atoms. The van der Waals surface area contributed by atoms with Gasteiger partial charge in [-0.1, -0.05) is 13.0 Å². The molecule has 1 aromatic carbocycles. The molecule has 0 aliphatic carbocycles. The quantitative estimate of drug-likeness (QED) is 0.476. The number of aryl methyl sites for hydroxylation is 1. The van der Waals surface area contributed by atoms with Crippen LogP contribution in [-0.2, 0) is 18.8 Å². The van der Waals surface area contributed by atoms with Crippen LogP contribution in [0.1, 0.15) is 23.6 Å². The van der Waals surface area contributed by atoms with Crippen LogP contribution in [0.2, 0.25) is 0 Å². The lowest BCUT2D eigenvalue weighted by atomic mass is 9.98. The summed E-state index contributed by atoms with van der Waals surface area (Å²) in [6, 6.07) is 1.04. The average Bonchev–Trinajstić information content (AvgIpc) is 2.23. The number of hydrogen-bond acceptors (Lipinski definition) is 1. The minimum Gasteiger partial charge on any atom is -0.166 e. The summed E-state index contributed by atoms with van der Waals surface area (Å²) in [4.78, 5) is -1.51. The Morgan fingerprint density at radius 1 is 0.810 bits per heavy atom. The van der Waals surface area contributed by atoms with E-state index in [2.05, 4.69) is 0 Å². The van der Waals surface area contributed by atoms with Gasteiger partial charge in [0.15, 0.2) is 0 Å². The van der Waals surface area contributed by atoms with E-state index in [-0.39, 0.29) is 0 Å². The van der Waals surface area contributed by atoms with Crippen LogP contribution in [0, 0.1) is 0 Å². The number of halogens is 9. The Labute approximate surface area is 117 Å². The molecule has 0 saturated heterocycles. The molecule has 10 heteroatoms. The van der Waals surface area contributed by atoms with E-state index in [4.69, 9.17) is 0 Å². The predicted octanol–water partition coefficient (Wildman–Crippen LogP) is 5.90. The van der Waals surface area contributed by atoms with Crippen LogP contribution in [0.4, 0.5) is 39.5 Å². The third-order valence-corrected chi connectivity index (χ3v) is 3.22. The molecule has 0 spiro atoms. The summed E-state index contributed by atoms with van der Waals surface area (Å²) in [5, 5.41) is 0. The Kier molecular flexibility index (Phi) is 4.81. The lowest BCUT2D eigenvalue weighted by Crippen LogP contribution is -2.21. The van der Waals surface area contributed by atoms with Crippen molar-refractivity contribution in [1.82, 2.24) is 0 Å². The largest absolute Gasteiger partial charge is 0.446 e. The van der Waals surface area contributed by atoms with Gasteiger partial charge in [0.1, 0.15) is 0 Å². The molecule has 0 aliphatic heterocycles. The van der Waals surface area contributed by atoms with Gasteiger partial charge in [-0.15, -0.1) is 0 Å². The van der Waals surface area contributed by atoms with Crippen LogP contribution in [-0.4, -0.2) is 5.51 Å². The monoisotopic (exact) mass is 342 g/mol. The van der Waals surface area contributed by atoms with Crippen molar-refractivity contribution in [2.24, 2.45) is 0 Å². The van der Waals surface area contributed by atoms with Gasteiger partial charge in [0.25, 0.3) is 0 Å². The first-order valence-electron chi connectivity index (χ1n) is 5.33. The zero-order valence-corrected chi connectivity index (χ0v) is 11.0. The Morgan fingerprint density at radius 3 is 1.62 bits per heavy atom. The molecule has 0 amide bonds. The maximum Gasteiger partial charge on any atom is 0.446 e. The Balaban J connectivity index is 3.70. The number of alkyl halides is 9. The van der Waals surface area contributed by atoms with Crippen molar-refractivity contribution in [1.29, 1.82) is 0 Å². The average molecular weight is 342 g/mol. The summed E-state index contributed by atoms with van der Waals surface area (Å²) < 4.78 is 114. The Hall–Kier alpha value is -1.06. The van der Waals surface area contributed by atoms with E-state index >= 15 is 0 Å². The van der Waals surface area contributed by atoms with Crippen molar-refractivity contribution >= 4 is 11.8 Å². The third kappa shape index (κ3) is 4.45. The zero-order chi connectivity index (χ0) is 16.6. The number of hydrogen-bond donors (Lipinski definition) is 0. The van der Waals surface area contributed by atoms with Crippen LogP contribution in [0.5, 0.6) is 0 Å². The fourth-order valence-corrected chi connectivity index (χ4v) is 2.44. The van der Waals surface area contributed by atoms with E-state index in [0.717, 1.165) is 0 Å². The maximum atomic E-state index is 12.9. The Morgan fingerprint density at radius 2 is 1.29 bits per heavy atom. The normalized spacial score (nSPS) is 13.6. The van der Waals surface area contributed by atoms with E-state index in [1.54, 1.807) is 0 Å². The number of rotatable bonds is 2. The number of benzene rings is 1. The highest BCUT2D eigenvalue weighted by Gasteiger charge is 2.47. The van der Waals surface area contributed by atoms with Gasteiger partial charge >= 0.3 is 17.9 Å². The molecule has 0 aromatic heterocycles. The van der Waals surface area contributed by atoms with Gasteiger partial charge in [0.2, 0.25) is 0 Å². The predicted molar refractivity (Wildman–Crippen MR) is 57.7 cm³/mol. The second kappa shape index (κ2) is 5.62. The summed E-state index contributed by atoms with van der Waals surface area (Å²) in [7, 11) is 0. The SMILES string of the molecule is CCc1ccc(SC(F)(F)F)c(C(F)(F)F)c1C(F)(F)F. The van der Waals surface area contributed by atoms with Crippen LogP contribution in [0.3, 0.4) is 0 Å². The van der Waals surface area contributed by atoms with Gasteiger partial charge < -0.3 is 0 Å². The van der Waals surface area contributed by atoms with Gasteiger partial charge in [-0.25, -0.2) is 0 Å². The highest BCUT2D eigenvalue weighted by atomic mass is 32.2. The standard InChI is InChI=1S/C11H7F9S/c1-2-5-3-4-6(21-11(18,19)20)8(10(15,16)17)7(5)9(12,13)14/h3-4H,2H2,1H3. The van der Waals surface area contributed by atoms with E-state index in [1.807, 2.05) is 0 Å². The molecule has 0 saturated carbocycles. The first-order chi connectivity index (χ1) is 9.27. The van der Waals surface area contributed by atoms with Gasteiger partial charge in [0, 0.05) is 4.90 Å². The van der Waals surface area contributed by atoms with Crippen LogP contribution in [0.15, 0.2) is 17.0 Å². The van der Waals surface area contributed by atoms with E-state index in [0.29, 0.717) is 12.1 Å². The second-order valence-electron chi connectivity index (χ2n) is 3.87. The molecule has 0 nitrogen and oxygen atoms in total. The molecule has 0 radical (unpaired) electrons. The number of thioether (sulfide) groups is 1. The minimum absolute atomic E-state index is 0.394. The molecule has 0 atom stereocenters. The van der Waals surface area contributed by atoms with Gasteiger partial charge in [-0.3, -0.25) is 0 Å². The zero-order valence-electron chi connectivity index (χ0n) is 10.2. The van der Waals surface area contributed by atoms with Gasteiger partial charge in [-0.2, -0.15) is 39.5 Å². The molecule has 0 aliphatic rings. The molecule has 0 unspecified atom stereocenters. The van der Waals surface area contributed by atoms with Gasteiger partial charge in [0.05, 0.1) is 11.1 Å². The molecule has 1 aromatic rings. The fourth-order valence-electron chi connectivity index (χ4n) is 1.74. The van der Waals surface area contributed by atoms with Crippen molar-refractivity contribution < 1.29 is 39.5 Å². The summed E-state index contributed by atoms with van der Waals surface area (Å²) in [5.41, 5.74) is -10.2. The highest BCUT2D eigenvalue weighted by Crippen LogP contribution is 2.49. The van der Waals surface area contributed by atoms with Crippen LogP contribution in [0.25, 0.3) is 0 Å². The third-order valence-electron chi connectivity index (χ3n) is 2.43. The summed E-state index contributed by atoms with van der Waals surface area (Å²) in [5.74, 6) is 0. The summed E-state index contributed by atoms with van der Waals surface area (Å²) in [6.45, 7) is 1.18. The molecule has 0 bridgehead atoms. The lowest BCUT2D eigenvalue weighted by molar-refractivity contribution is -0.164. The smallest absolute Gasteiger partial charge is 0.166 e. The Bertz CT molecular complexity index is 510. The summed E-state index contributed by atoms with van der Waals surface area (Å²) >= 11 is -1.22. The maximum absolute atomic E-state index is 12.9. The molecular weight excluding hydrogens is 335 g/mol. The fraction of sp³-hybridized carbons (Fsp3) is 0.455. The van der Waals surface area contributed by atoms with Crippen molar-refractivity contribution in [3.8, 4) is 0 Å². The molecule has 0 N–H and O–H groups in total. The van der Waals surface area contributed by atoms with E-state index < -0.39 is 57.6 Å². The molecule has 0 heterocycles. The minimum atomic E-state index is -5.55. The first kappa shape index (κ1) is 18.0. The van der Waals surface area contributed by atoms with Crippen molar-refractivity contribution in [3.63, 3.8) is 0 Å². The van der Waals surface area contributed by atoms with E-state index in [9.17, 15) is 39.5 Å². The first-order valence-corrected chi connectivity index (χ1v) is 6.15. The topological polar surface area (TPSA) is 0 Å². The second-order valence-corrected chi connectivity index (χ2v) is 4.98. The van der Waals surface area contributed by atoms with Crippen LogP contribution < -0.4 is 0 Å². The van der Waals surface area contributed by atoms with Crippen LogP contribution >= 0.6 is 11.8 Å². The van der Waals surface area contributed by atoms with E-state index in [1.165, 1.54) is 6.92 Å². The van der Waals surface area contributed by atoms with Crippen molar-refractivity contribution in [2.75, 3.05) is 0 Å². The van der Waals surface area contributed by atoms with Gasteiger partial charge in [-0.05, 0) is 29.8 Å². The van der Waals surface area contributed by atoms with Crippen molar-refractivity contribution in [2.45, 2.75) is 36.1 Å². The molecule has 120 valence electrons. The summed E-state index contributed by atoms with van der Waals surface area (Å²) in [6.07, 6.45) is -11.4. The van der Waals surface area contributed by atoms with Crippen molar-refractivity contribution in [3.05, 3.63) is 28.8 Å².